The van der Waals surface area contributed by atoms with E-state index < -0.39 is 0 Å². The topological polar surface area (TPSA) is 24.9 Å². The van der Waals surface area contributed by atoms with E-state index in [0.29, 0.717) is 0 Å². The minimum atomic E-state index is 0.219. The molecule has 0 saturated heterocycles. The maximum absolute atomic E-state index is 4.32. The smallest absolute Gasteiger partial charge is 0.0870 e. The Labute approximate surface area is 86.3 Å². The fraction of sp³-hybridized carbons (Fsp3) is 0.182. The average molecular weight is 204 g/mol. The van der Waals surface area contributed by atoms with Crippen molar-refractivity contribution in [1.82, 2.24) is 10.3 Å². The average Bonchev–Trinajstić information content (AvgIpc) is 2.30. The molecular formula is C11H13N2P. The second kappa shape index (κ2) is 4.39. The summed E-state index contributed by atoms with van der Waals surface area (Å²) >= 11 is 0. The number of rotatable bonds is 2. The molecule has 2 rings (SSSR count). The number of aromatic nitrogens is 1. The van der Waals surface area contributed by atoms with Gasteiger partial charge in [0, 0.05) is 18.1 Å². The zero-order valence-corrected chi connectivity index (χ0v) is 9.01. The summed E-state index contributed by atoms with van der Waals surface area (Å²) in [6.07, 6.45) is 9.06. The zero-order valence-electron chi connectivity index (χ0n) is 7.85. The molecule has 0 aliphatic carbocycles. The summed E-state index contributed by atoms with van der Waals surface area (Å²) in [7, 11) is 2.71. The van der Waals surface area contributed by atoms with Crippen molar-refractivity contribution in [3.05, 3.63) is 54.0 Å². The van der Waals surface area contributed by atoms with Crippen LogP contribution in [0.5, 0.6) is 0 Å². The molecule has 0 spiro atoms. The Balaban J connectivity index is 2.16. The van der Waals surface area contributed by atoms with Gasteiger partial charge in [-0.15, -0.1) is 9.24 Å². The fourth-order valence-electron chi connectivity index (χ4n) is 1.44. The van der Waals surface area contributed by atoms with Crippen molar-refractivity contribution in [2.45, 2.75) is 6.04 Å². The van der Waals surface area contributed by atoms with Crippen molar-refractivity contribution >= 4 is 9.24 Å². The zero-order chi connectivity index (χ0) is 9.80. The third kappa shape index (κ3) is 2.02. The third-order valence-electron chi connectivity index (χ3n) is 2.17. The first-order chi connectivity index (χ1) is 6.90. The molecule has 14 heavy (non-hydrogen) atoms. The largest absolute Gasteiger partial charge is 0.376 e. The Kier molecular flexibility index (Phi) is 2.95. The Morgan fingerprint density at radius 1 is 1.43 bits per heavy atom. The van der Waals surface area contributed by atoms with Gasteiger partial charge in [-0.1, -0.05) is 18.2 Å². The summed E-state index contributed by atoms with van der Waals surface area (Å²) in [4.78, 5) is 4.32. The van der Waals surface area contributed by atoms with E-state index in [0.717, 1.165) is 11.9 Å². The van der Waals surface area contributed by atoms with Crippen LogP contribution < -0.4 is 5.32 Å². The molecular weight excluding hydrogens is 191 g/mol. The molecule has 1 N–H and O–H groups in total. The van der Waals surface area contributed by atoms with Gasteiger partial charge in [0.15, 0.2) is 0 Å². The number of allylic oxidation sites excluding steroid dienone is 3. The Morgan fingerprint density at radius 2 is 2.36 bits per heavy atom. The minimum Gasteiger partial charge on any atom is -0.376 e. The van der Waals surface area contributed by atoms with Gasteiger partial charge in [-0.05, 0) is 18.2 Å². The van der Waals surface area contributed by atoms with Crippen LogP contribution >= 0.6 is 9.24 Å². The van der Waals surface area contributed by atoms with Crippen LogP contribution in [-0.2, 0) is 0 Å². The lowest BCUT2D eigenvalue weighted by Gasteiger charge is -2.20. The highest BCUT2D eigenvalue weighted by Gasteiger charge is 2.11. The SMILES string of the molecule is PCC1=CC=CC(c2ccccn2)N1. The minimum absolute atomic E-state index is 0.219. The lowest BCUT2D eigenvalue weighted by molar-refractivity contribution is 0.686. The van der Waals surface area contributed by atoms with Crippen LogP contribution in [0.3, 0.4) is 0 Å². The summed E-state index contributed by atoms with van der Waals surface area (Å²) in [5, 5.41) is 3.41. The molecule has 0 aromatic carbocycles. The maximum Gasteiger partial charge on any atom is 0.0870 e. The van der Waals surface area contributed by atoms with Gasteiger partial charge in [0.25, 0.3) is 0 Å². The van der Waals surface area contributed by atoms with E-state index in [1.165, 1.54) is 5.70 Å². The van der Waals surface area contributed by atoms with Gasteiger partial charge in [-0.2, -0.15) is 0 Å². The number of nitrogens with zero attached hydrogens (tertiary/aromatic N) is 1. The normalized spacial score (nSPS) is 20.1. The Bertz CT molecular complexity index is 357. The van der Waals surface area contributed by atoms with E-state index in [-0.39, 0.29) is 6.04 Å². The molecule has 0 bridgehead atoms. The second-order valence-electron chi connectivity index (χ2n) is 3.16. The maximum atomic E-state index is 4.32. The molecule has 1 aromatic rings. The molecule has 2 unspecified atom stereocenters. The molecule has 3 heteroatoms. The Hall–Kier alpha value is -1.14. The number of pyridine rings is 1. The predicted octanol–water partition coefficient (Wildman–Crippen LogP) is 2.04. The number of nitrogens with one attached hydrogen (secondary N) is 1. The molecule has 1 aromatic heterocycles. The highest BCUT2D eigenvalue weighted by molar-refractivity contribution is 7.16. The summed E-state index contributed by atoms with van der Waals surface area (Å²) in [6.45, 7) is 0. The van der Waals surface area contributed by atoms with E-state index in [1.54, 1.807) is 0 Å². The fourth-order valence-corrected chi connectivity index (χ4v) is 1.69. The van der Waals surface area contributed by atoms with Crippen molar-refractivity contribution in [1.29, 1.82) is 0 Å². The summed E-state index contributed by atoms with van der Waals surface area (Å²) in [5.41, 5.74) is 2.29. The van der Waals surface area contributed by atoms with E-state index in [9.17, 15) is 0 Å². The number of dihydropyridines is 1. The van der Waals surface area contributed by atoms with Crippen LogP contribution in [0.4, 0.5) is 0 Å². The van der Waals surface area contributed by atoms with Gasteiger partial charge in [0.05, 0.1) is 11.7 Å². The first kappa shape index (κ1) is 9.42. The molecule has 1 aliphatic rings. The molecule has 72 valence electrons. The highest BCUT2D eigenvalue weighted by Crippen LogP contribution is 2.17. The van der Waals surface area contributed by atoms with Crippen LogP contribution in [0.25, 0.3) is 0 Å². The van der Waals surface area contributed by atoms with Gasteiger partial charge >= 0.3 is 0 Å². The number of hydrogen-bond donors (Lipinski definition) is 1. The highest BCUT2D eigenvalue weighted by atomic mass is 31.0. The van der Waals surface area contributed by atoms with Gasteiger partial charge in [-0.3, -0.25) is 4.98 Å². The standard InChI is InChI=1S/C11H13N2P/c14-8-9-4-3-6-11(13-9)10-5-1-2-7-12-10/h1-7,11,13H,8,14H2. The molecule has 0 saturated carbocycles. The lowest BCUT2D eigenvalue weighted by atomic mass is 10.1. The number of hydrogen-bond acceptors (Lipinski definition) is 2. The van der Waals surface area contributed by atoms with Gasteiger partial charge in [0.2, 0.25) is 0 Å². The Morgan fingerprint density at radius 3 is 3.07 bits per heavy atom. The summed E-state index contributed by atoms with van der Waals surface area (Å²) in [6, 6.07) is 6.20. The quantitative estimate of drug-likeness (QED) is 0.746. The van der Waals surface area contributed by atoms with Gasteiger partial charge in [0.1, 0.15) is 0 Å². The second-order valence-corrected chi connectivity index (χ2v) is 3.57. The monoisotopic (exact) mass is 204 g/mol. The van der Waals surface area contributed by atoms with Crippen LogP contribution in [0.15, 0.2) is 48.3 Å². The third-order valence-corrected chi connectivity index (χ3v) is 2.61. The first-order valence-corrected chi connectivity index (χ1v) is 5.46. The predicted molar refractivity (Wildman–Crippen MR) is 61.9 cm³/mol. The molecule has 0 fully saturated rings. The molecule has 1 aliphatic heterocycles. The molecule has 2 nitrogen and oxygen atoms in total. The van der Waals surface area contributed by atoms with Crippen LogP contribution in [0.2, 0.25) is 0 Å². The van der Waals surface area contributed by atoms with E-state index in [2.05, 4.69) is 37.8 Å². The van der Waals surface area contributed by atoms with Crippen LogP contribution in [-0.4, -0.2) is 11.1 Å². The van der Waals surface area contributed by atoms with Crippen LogP contribution in [0.1, 0.15) is 11.7 Å². The molecule has 2 heterocycles. The van der Waals surface area contributed by atoms with Crippen LogP contribution in [0, 0.1) is 0 Å². The molecule has 0 amide bonds. The van der Waals surface area contributed by atoms with Crippen molar-refractivity contribution in [2.75, 3.05) is 6.16 Å². The molecule has 0 radical (unpaired) electrons. The van der Waals surface area contributed by atoms with Crippen molar-refractivity contribution < 1.29 is 0 Å². The van der Waals surface area contributed by atoms with Crippen molar-refractivity contribution in [3.8, 4) is 0 Å². The summed E-state index contributed by atoms with van der Waals surface area (Å²) in [5.74, 6) is 0. The lowest BCUT2D eigenvalue weighted by Crippen LogP contribution is -2.22. The summed E-state index contributed by atoms with van der Waals surface area (Å²) < 4.78 is 0. The molecule has 2 atom stereocenters. The van der Waals surface area contributed by atoms with E-state index >= 15 is 0 Å². The van der Waals surface area contributed by atoms with E-state index in [4.69, 9.17) is 0 Å². The van der Waals surface area contributed by atoms with Gasteiger partial charge in [-0.25, -0.2) is 0 Å². The van der Waals surface area contributed by atoms with Gasteiger partial charge < -0.3 is 5.32 Å². The van der Waals surface area contributed by atoms with E-state index in [1.807, 2.05) is 24.4 Å². The van der Waals surface area contributed by atoms with Crippen molar-refractivity contribution in [3.63, 3.8) is 0 Å². The van der Waals surface area contributed by atoms with Crippen molar-refractivity contribution in [2.24, 2.45) is 0 Å². The first-order valence-electron chi connectivity index (χ1n) is 4.65.